The van der Waals surface area contributed by atoms with E-state index in [-0.39, 0.29) is 0 Å². The van der Waals surface area contributed by atoms with E-state index in [0.717, 1.165) is 11.8 Å². The molecule has 15 heavy (non-hydrogen) atoms. The van der Waals surface area contributed by atoms with Crippen molar-refractivity contribution in [3.63, 3.8) is 0 Å². The van der Waals surface area contributed by atoms with Crippen LogP contribution in [0.25, 0.3) is 0 Å². The first-order valence-corrected chi connectivity index (χ1v) is 4.76. The molecule has 0 radical (unpaired) electrons. The summed E-state index contributed by atoms with van der Waals surface area (Å²) in [6.07, 6.45) is 3.87. The molecule has 0 amide bonds. The molecule has 0 bridgehead atoms. The number of carbonyl (C=O) groups excluding carboxylic acids is 2. The maximum absolute atomic E-state index is 11.5. The monoisotopic (exact) mass is 209 g/mol. The van der Waals surface area contributed by atoms with Crippen molar-refractivity contribution in [1.29, 1.82) is 0 Å². The summed E-state index contributed by atoms with van der Waals surface area (Å²) in [7, 11) is 0. The lowest BCUT2D eigenvalue weighted by Crippen LogP contribution is -2.26. The van der Waals surface area contributed by atoms with Gasteiger partial charge < -0.3 is 9.53 Å². The summed E-state index contributed by atoms with van der Waals surface area (Å²) < 4.78 is 6.49. The normalized spacial score (nSPS) is 11.1. The highest BCUT2D eigenvalue weighted by Gasteiger charge is 2.17. The van der Waals surface area contributed by atoms with Crippen molar-refractivity contribution in [1.82, 2.24) is 4.57 Å². The number of aldehydes is 1. The fourth-order valence-corrected chi connectivity index (χ4v) is 1.09. The summed E-state index contributed by atoms with van der Waals surface area (Å²) in [6, 6.07) is 1.72. The number of hydrogen-bond donors (Lipinski definition) is 0. The summed E-state index contributed by atoms with van der Waals surface area (Å²) in [4.78, 5) is 21.8. The average molecular weight is 209 g/mol. The van der Waals surface area contributed by atoms with Crippen LogP contribution in [0.5, 0.6) is 0 Å². The van der Waals surface area contributed by atoms with Crippen molar-refractivity contribution >= 4 is 12.4 Å². The van der Waals surface area contributed by atoms with E-state index in [2.05, 4.69) is 0 Å². The van der Waals surface area contributed by atoms with Crippen LogP contribution in [-0.4, -0.2) is 22.5 Å². The molecule has 0 aliphatic rings. The predicted molar refractivity (Wildman–Crippen MR) is 55.8 cm³/mol. The first-order chi connectivity index (χ1) is 6.92. The molecule has 0 saturated heterocycles. The van der Waals surface area contributed by atoms with E-state index in [0.29, 0.717) is 6.42 Å². The highest BCUT2D eigenvalue weighted by Crippen LogP contribution is 2.10. The minimum absolute atomic E-state index is 0.315. The average Bonchev–Trinajstić information content (AvgIpc) is 2.50. The van der Waals surface area contributed by atoms with Gasteiger partial charge in [-0.25, -0.2) is 4.79 Å². The molecule has 0 aliphatic carbocycles. The molecule has 82 valence electrons. The summed E-state index contributed by atoms with van der Waals surface area (Å²) in [5.74, 6) is 0. The molecule has 0 atom stereocenters. The summed E-state index contributed by atoms with van der Waals surface area (Å²) in [6.45, 7) is 5.42. The predicted octanol–water partition coefficient (Wildman–Crippen LogP) is 2.01. The zero-order chi connectivity index (χ0) is 11.5. The van der Waals surface area contributed by atoms with Crippen molar-refractivity contribution in [3.8, 4) is 0 Å². The van der Waals surface area contributed by atoms with E-state index in [1.165, 1.54) is 4.57 Å². The SMILES string of the molecule is CC(C)(C)OC(=O)n1ccc(CC=O)c1. The van der Waals surface area contributed by atoms with Crippen molar-refractivity contribution < 1.29 is 14.3 Å². The topological polar surface area (TPSA) is 48.3 Å². The van der Waals surface area contributed by atoms with Gasteiger partial charge in [0.25, 0.3) is 0 Å². The van der Waals surface area contributed by atoms with Gasteiger partial charge >= 0.3 is 6.09 Å². The Morgan fingerprint density at radius 2 is 2.20 bits per heavy atom. The highest BCUT2D eigenvalue weighted by atomic mass is 16.6. The van der Waals surface area contributed by atoms with Gasteiger partial charge in [-0.05, 0) is 32.4 Å². The Morgan fingerprint density at radius 3 is 2.73 bits per heavy atom. The van der Waals surface area contributed by atoms with Gasteiger partial charge in [0.2, 0.25) is 0 Å². The van der Waals surface area contributed by atoms with Crippen LogP contribution in [0.4, 0.5) is 4.79 Å². The number of ether oxygens (including phenoxy) is 1. The minimum atomic E-state index is -0.508. The van der Waals surface area contributed by atoms with E-state index in [1.54, 1.807) is 39.2 Å². The van der Waals surface area contributed by atoms with Gasteiger partial charge in [0.1, 0.15) is 11.9 Å². The van der Waals surface area contributed by atoms with Gasteiger partial charge in [-0.2, -0.15) is 0 Å². The van der Waals surface area contributed by atoms with Crippen LogP contribution in [0.2, 0.25) is 0 Å². The number of nitrogens with zero attached hydrogens (tertiary/aromatic N) is 1. The fraction of sp³-hybridized carbons (Fsp3) is 0.455. The molecule has 4 nitrogen and oxygen atoms in total. The lowest BCUT2D eigenvalue weighted by Gasteiger charge is -2.19. The Kier molecular flexibility index (Phi) is 3.29. The Hall–Kier alpha value is -1.58. The largest absolute Gasteiger partial charge is 0.443 e. The van der Waals surface area contributed by atoms with Crippen LogP contribution in [0.3, 0.4) is 0 Å². The van der Waals surface area contributed by atoms with Gasteiger partial charge in [-0.1, -0.05) is 0 Å². The molecule has 0 N–H and O–H groups in total. The van der Waals surface area contributed by atoms with E-state index >= 15 is 0 Å². The fourth-order valence-electron chi connectivity index (χ4n) is 1.09. The van der Waals surface area contributed by atoms with Crippen LogP contribution in [0.1, 0.15) is 26.3 Å². The smallest absolute Gasteiger partial charge is 0.418 e. The molecule has 0 aromatic carbocycles. The van der Waals surface area contributed by atoms with Crippen LogP contribution in [-0.2, 0) is 16.0 Å². The molecule has 0 saturated carbocycles. The zero-order valence-electron chi connectivity index (χ0n) is 9.19. The standard InChI is InChI=1S/C11H15NO3/c1-11(2,3)15-10(14)12-6-4-9(8-12)5-7-13/h4,6-8H,5H2,1-3H3. The van der Waals surface area contributed by atoms with E-state index in [9.17, 15) is 9.59 Å². The first kappa shape index (κ1) is 11.5. The first-order valence-electron chi connectivity index (χ1n) is 4.76. The second kappa shape index (κ2) is 4.29. The van der Waals surface area contributed by atoms with Crippen molar-refractivity contribution in [3.05, 3.63) is 24.0 Å². The molecule has 0 aliphatic heterocycles. The third-order valence-corrected chi connectivity index (χ3v) is 1.68. The van der Waals surface area contributed by atoms with Crippen LogP contribution in [0.15, 0.2) is 18.5 Å². The van der Waals surface area contributed by atoms with Gasteiger partial charge in [-0.3, -0.25) is 4.57 Å². The second-order valence-corrected chi connectivity index (χ2v) is 4.28. The number of carbonyl (C=O) groups is 2. The molecule has 4 heteroatoms. The molecule has 1 aromatic heterocycles. The lowest BCUT2D eigenvalue weighted by atomic mass is 10.2. The Labute approximate surface area is 88.8 Å². The summed E-state index contributed by atoms with van der Waals surface area (Å²) in [5.41, 5.74) is 0.294. The van der Waals surface area contributed by atoms with Crippen molar-refractivity contribution in [2.75, 3.05) is 0 Å². The van der Waals surface area contributed by atoms with Crippen molar-refractivity contribution in [2.24, 2.45) is 0 Å². The van der Waals surface area contributed by atoms with Gasteiger partial charge in [0.05, 0.1) is 0 Å². The maximum Gasteiger partial charge on any atom is 0.418 e. The maximum atomic E-state index is 11.5. The minimum Gasteiger partial charge on any atom is -0.443 e. The number of aromatic nitrogens is 1. The molecule has 0 spiro atoms. The van der Waals surface area contributed by atoms with Gasteiger partial charge in [-0.15, -0.1) is 0 Å². The molecule has 1 rings (SSSR count). The van der Waals surface area contributed by atoms with Crippen molar-refractivity contribution in [2.45, 2.75) is 32.8 Å². The molecule has 1 heterocycles. The summed E-state index contributed by atoms with van der Waals surface area (Å²) in [5, 5.41) is 0. The third-order valence-electron chi connectivity index (χ3n) is 1.68. The van der Waals surface area contributed by atoms with Gasteiger partial charge in [0, 0.05) is 18.8 Å². The molecule has 0 unspecified atom stereocenters. The van der Waals surface area contributed by atoms with E-state index < -0.39 is 11.7 Å². The van der Waals surface area contributed by atoms with Crippen LogP contribution >= 0.6 is 0 Å². The zero-order valence-corrected chi connectivity index (χ0v) is 9.19. The quantitative estimate of drug-likeness (QED) is 0.700. The Morgan fingerprint density at radius 1 is 1.53 bits per heavy atom. The molecule has 1 aromatic rings. The summed E-state index contributed by atoms with van der Waals surface area (Å²) >= 11 is 0. The second-order valence-electron chi connectivity index (χ2n) is 4.28. The van der Waals surface area contributed by atoms with Crippen LogP contribution in [0, 0.1) is 0 Å². The van der Waals surface area contributed by atoms with E-state index in [1.807, 2.05) is 0 Å². The highest BCUT2D eigenvalue weighted by molar-refractivity contribution is 5.71. The van der Waals surface area contributed by atoms with E-state index in [4.69, 9.17) is 4.74 Å². The molecule has 0 fully saturated rings. The number of hydrogen-bond acceptors (Lipinski definition) is 3. The molecular weight excluding hydrogens is 194 g/mol. The van der Waals surface area contributed by atoms with Gasteiger partial charge in [0.15, 0.2) is 0 Å². The lowest BCUT2D eigenvalue weighted by molar-refractivity contribution is -0.107. The number of rotatable bonds is 2. The Bertz CT molecular complexity index is 360. The van der Waals surface area contributed by atoms with Crippen LogP contribution < -0.4 is 0 Å². The Balaban J connectivity index is 2.70. The third kappa shape index (κ3) is 3.58. The molecular formula is C11H15NO3.